The van der Waals surface area contributed by atoms with E-state index in [1.165, 1.54) is 6.07 Å². The fourth-order valence-corrected chi connectivity index (χ4v) is 3.67. The molecule has 3 heterocycles. The number of pyridine rings is 1. The molecule has 0 amide bonds. The number of nitrogens with one attached hydrogen (secondary N) is 1. The summed E-state index contributed by atoms with van der Waals surface area (Å²) in [5.74, 6) is 0.357. The van der Waals surface area contributed by atoms with Gasteiger partial charge in [-0.25, -0.2) is 14.8 Å². The minimum atomic E-state index is -1.07. The minimum absolute atomic E-state index is 0.0717. The first-order valence-electron chi connectivity index (χ1n) is 9.77. The summed E-state index contributed by atoms with van der Waals surface area (Å²) in [5, 5.41) is 18.7. The van der Waals surface area contributed by atoms with Crippen LogP contribution in [-0.2, 0) is 6.54 Å². The van der Waals surface area contributed by atoms with Crippen LogP contribution in [0.1, 0.15) is 27.3 Å². The van der Waals surface area contributed by atoms with Crippen LogP contribution in [0.2, 0.25) is 0 Å². The minimum Gasteiger partial charge on any atom is -0.478 e. The van der Waals surface area contributed by atoms with Gasteiger partial charge in [-0.2, -0.15) is 5.26 Å². The van der Waals surface area contributed by atoms with Gasteiger partial charge in [-0.1, -0.05) is 30.3 Å². The molecule has 8 heteroatoms. The highest BCUT2D eigenvalue weighted by Crippen LogP contribution is 2.23. The van der Waals surface area contributed by atoms with Crippen LogP contribution < -0.4 is 4.90 Å². The van der Waals surface area contributed by atoms with Crippen molar-refractivity contribution in [3.8, 4) is 17.5 Å². The van der Waals surface area contributed by atoms with Gasteiger partial charge in [0, 0.05) is 50.2 Å². The topological polar surface area (TPSA) is 109 Å². The zero-order valence-corrected chi connectivity index (χ0v) is 16.7. The van der Waals surface area contributed by atoms with Crippen LogP contribution in [0.4, 0.5) is 5.82 Å². The SMILES string of the molecule is Cc1nc(N2CCN(Cc3cnc(-c4ccccc4)[nH]3)CC2)c(C#N)cc1C(=O)O. The van der Waals surface area contributed by atoms with E-state index in [2.05, 4.69) is 30.8 Å². The van der Waals surface area contributed by atoms with Gasteiger partial charge in [0.05, 0.1) is 16.8 Å². The molecule has 0 radical (unpaired) electrons. The van der Waals surface area contributed by atoms with Crippen molar-refractivity contribution in [3.05, 3.63) is 65.1 Å². The highest BCUT2D eigenvalue weighted by atomic mass is 16.4. The number of aromatic carboxylic acids is 1. The molecule has 0 aliphatic carbocycles. The van der Waals surface area contributed by atoms with Crippen LogP contribution in [0, 0.1) is 18.3 Å². The predicted octanol–water partition coefficient (Wildman–Crippen LogP) is 2.67. The molecule has 30 heavy (non-hydrogen) atoms. The Hall–Kier alpha value is -3.70. The molecular formula is C22H22N6O2. The Morgan fingerprint density at radius 1 is 1.23 bits per heavy atom. The number of aromatic amines is 1. The number of nitrogens with zero attached hydrogens (tertiary/aromatic N) is 5. The Bertz CT molecular complexity index is 1090. The molecule has 0 saturated carbocycles. The number of nitriles is 1. The first-order valence-corrected chi connectivity index (χ1v) is 9.77. The van der Waals surface area contributed by atoms with E-state index < -0.39 is 5.97 Å². The molecule has 0 bridgehead atoms. The summed E-state index contributed by atoms with van der Waals surface area (Å²) in [6, 6.07) is 13.5. The van der Waals surface area contributed by atoms with Crippen molar-refractivity contribution in [2.24, 2.45) is 0 Å². The third-order valence-electron chi connectivity index (χ3n) is 5.29. The fourth-order valence-electron chi connectivity index (χ4n) is 3.67. The van der Waals surface area contributed by atoms with Gasteiger partial charge in [0.1, 0.15) is 17.7 Å². The van der Waals surface area contributed by atoms with Crippen molar-refractivity contribution in [1.29, 1.82) is 5.26 Å². The lowest BCUT2D eigenvalue weighted by molar-refractivity contribution is 0.0695. The summed E-state index contributed by atoms with van der Waals surface area (Å²) in [6.45, 7) is 5.48. The van der Waals surface area contributed by atoms with Crippen molar-refractivity contribution < 1.29 is 9.90 Å². The van der Waals surface area contributed by atoms with Crippen LogP contribution in [0.15, 0.2) is 42.6 Å². The number of anilines is 1. The Balaban J connectivity index is 1.41. The quantitative estimate of drug-likeness (QED) is 0.675. The molecule has 3 aromatic rings. The Morgan fingerprint density at radius 2 is 1.97 bits per heavy atom. The van der Waals surface area contributed by atoms with E-state index in [1.54, 1.807) is 6.92 Å². The van der Waals surface area contributed by atoms with Gasteiger partial charge in [0.25, 0.3) is 0 Å². The van der Waals surface area contributed by atoms with Crippen LogP contribution in [0.5, 0.6) is 0 Å². The van der Waals surface area contributed by atoms with Gasteiger partial charge in [-0.05, 0) is 13.0 Å². The summed E-state index contributed by atoms with van der Waals surface area (Å²) in [4.78, 5) is 28.0. The van der Waals surface area contributed by atoms with E-state index >= 15 is 0 Å². The smallest absolute Gasteiger partial charge is 0.337 e. The molecule has 152 valence electrons. The Labute approximate surface area is 174 Å². The summed E-state index contributed by atoms with van der Waals surface area (Å²) < 4.78 is 0. The lowest BCUT2D eigenvalue weighted by Gasteiger charge is -2.35. The zero-order chi connectivity index (χ0) is 21.1. The number of H-pyrrole nitrogens is 1. The molecule has 1 aromatic carbocycles. The van der Waals surface area contributed by atoms with Crippen LogP contribution in [0.25, 0.3) is 11.4 Å². The number of imidazole rings is 1. The summed E-state index contributed by atoms with van der Waals surface area (Å²) >= 11 is 0. The van der Waals surface area contributed by atoms with Crippen LogP contribution in [-0.4, -0.2) is 57.1 Å². The second-order valence-electron chi connectivity index (χ2n) is 7.30. The maximum absolute atomic E-state index is 11.3. The number of hydrogen-bond donors (Lipinski definition) is 2. The van der Waals surface area contributed by atoms with Crippen molar-refractivity contribution in [2.75, 3.05) is 31.1 Å². The third kappa shape index (κ3) is 4.02. The third-order valence-corrected chi connectivity index (χ3v) is 5.29. The molecule has 2 N–H and O–H groups in total. The van der Waals surface area contributed by atoms with Crippen molar-refractivity contribution in [1.82, 2.24) is 19.9 Å². The normalized spacial score (nSPS) is 14.5. The molecule has 0 unspecified atom stereocenters. The van der Waals surface area contributed by atoms with E-state index in [1.807, 2.05) is 36.5 Å². The summed E-state index contributed by atoms with van der Waals surface area (Å²) in [7, 11) is 0. The zero-order valence-electron chi connectivity index (χ0n) is 16.7. The number of rotatable bonds is 5. The largest absolute Gasteiger partial charge is 0.478 e. The predicted molar refractivity (Wildman–Crippen MR) is 112 cm³/mol. The number of benzene rings is 1. The second-order valence-corrected chi connectivity index (χ2v) is 7.30. The molecule has 2 aromatic heterocycles. The summed E-state index contributed by atoms with van der Waals surface area (Å²) in [5.41, 5.74) is 2.91. The molecule has 1 aliphatic heterocycles. The van der Waals surface area contributed by atoms with Crippen molar-refractivity contribution in [3.63, 3.8) is 0 Å². The van der Waals surface area contributed by atoms with E-state index in [0.717, 1.165) is 36.7 Å². The average molecular weight is 402 g/mol. The lowest BCUT2D eigenvalue weighted by Crippen LogP contribution is -2.46. The number of carboxylic acids is 1. The van der Waals surface area contributed by atoms with E-state index in [9.17, 15) is 15.2 Å². The van der Waals surface area contributed by atoms with Gasteiger partial charge in [-0.15, -0.1) is 0 Å². The highest BCUT2D eigenvalue weighted by molar-refractivity contribution is 5.89. The molecule has 0 atom stereocenters. The first-order chi connectivity index (χ1) is 14.5. The van der Waals surface area contributed by atoms with Gasteiger partial charge >= 0.3 is 5.97 Å². The summed E-state index contributed by atoms with van der Waals surface area (Å²) in [6.07, 6.45) is 1.87. The van der Waals surface area contributed by atoms with Crippen molar-refractivity contribution >= 4 is 11.8 Å². The highest BCUT2D eigenvalue weighted by Gasteiger charge is 2.23. The molecule has 1 aliphatic rings. The molecule has 8 nitrogen and oxygen atoms in total. The van der Waals surface area contributed by atoms with E-state index in [0.29, 0.717) is 30.2 Å². The fraction of sp³-hybridized carbons (Fsp3) is 0.273. The van der Waals surface area contributed by atoms with Crippen LogP contribution >= 0.6 is 0 Å². The molecule has 0 spiro atoms. The molecule has 1 fully saturated rings. The van der Waals surface area contributed by atoms with Gasteiger partial charge in [0.15, 0.2) is 0 Å². The lowest BCUT2D eigenvalue weighted by atomic mass is 10.1. The Kier molecular flexibility index (Phi) is 5.46. The van der Waals surface area contributed by atoms with Gasteiger partial charge in [0.2, 0.25) is 0 Å². The molecular weight excluding hydrogens is 380 g/mol. The molecule has 1 saturated heterocycles. The standard InChI is InChI=1S/C22H22N6O2/c1-15-19(22(29)30)11-17(12-23)21(25-15)28-9-7-27(8-10-28)14-18-13-24-20(26-18)16-5-3-2-4-6-16/h2-6,11,13H,7-10,14H2,1H3,(H,24,26)(H,29,30). The number of carboxylic acid groups (broad SMARTS) is 1. The van der Waals surface area contributed by atoms with E-state index in [4.69, 9.17) is 0 Å². The monoisotopic (exact) mass is 402 g/mol. The second kappa shape index (κ2) is 8.35. The van der Waals surface area contributed by atoms with Crippen LogP contribution in [0.3, 0.4) is 0 Å². The maximum Gasteiger partial charge on any atom is 0.337 e. The van der Waals surface area contributed by atoms with Gasteiger partial charge in [-0.3, -0.25) is 4.90 Å². The van der Waals surface area contributed by atoms with Crippen molar-refractivity contribution in [2.45, 2.75) is 13.5 Å². The number of hydrogen-bond acceptors (Lipinski definition) is 6. The maximum atomic E-state index is 11.3. The van der Waals surface area contributed by atoms with E-state index in [-0.39, 0.29) is 5.56 Å². The number of aromatic nitrogens is 3. The van der Waals surface area contributed by atoms with Gasteiger partial charge < -0.3 is 15.0 Å². The first kappa shape index (κ1) is 19.6. The number of piperazine rings is 1. The Morgan fingerprint density at radius 3 is 2.63 bits per heavy atom. The number of carbonyl (C=O) groups is 1. The molecule has 4 rings (SSSR count). The number of aryl methyl sites for hydroxylation is 1. The average Bonchev–Trinajstić information content (AvgIpc) is 3.23.